The molecule has 0 aromatic heterocycles. The van der Waals surface area contributed by atoms with Gasteiger partial charge in [-0.25, -0.2) is 8.78 Å². The highest BCUT2D eigenvalue weighted by Gasteiger charge is 2.38. The highest BCUT2D eigenvalue weighted by atomic mass is 19.1. The predicted octanol–water partition coefficient (Wildman–Crippen LogP) is 10.9. The SMILES string of the molecule is CC1=C(/C=C/C(C)=C/C=C/C(C)=C/C=C/C=C(C)/C=C/C=C(C)/C=C/C2=C(C)C(=O)C(F)CC2(C)C)C(C)(C)CC(F)C1=O. The lowest BCUT2D eigenvalue weighted by Gasteiger charge is -2.33. The molecule has 0 amide bonds. The van der Waals surface area contributed by atoms with Gasteiger partial charge in [0.25, 0.3) is 0 Å². The fraction of sp³-hybridized carbons (Fsp3) is 0.400. The maximum absolute atomic E-state index is 14.0. The van der Waals surface area contributed by atoms with E-state index in [0.29, 0.717) is 11.1 Å². The molecule has 0 heterocycles. The van der Waals surface area contributed by atoms with Gasteiger partial charge in [-0.1, -0.05) is 135 Å². The molecular formula is C40H50F2O2. The lowest BCUT2D eigenvalue weighted by Crippen LogP contribution is -2.33. The van der Waals surface area contributed by atoms with Gasteiger partial charge in [0.15, 0.2) is 23.9 Å². The molecule has 0 radical (unpaired) electrons. The molecule has 2 rings (SSSR count). The van der Waals surface area contributed by atoms with Crippen LogP contribution < -0.4 is 0 Å². The van der Waals surface area contributed by atoms with Crippen LogP contribution in [0.5, 0.6) is 0 Å². The average molecular weight is 601 g/mol. The van der Waals surface area contributed by atoms with E-state index < -0.39 is 23.9 Å². The third-order valence-electron chi connectivity index (χ3n) is 8.25. The molecule has 0 fully saturated rings. The highest BCUT2D eigenvalue weighted by Crippen LogP contribution is 2.41. The van der Waals surface area contributed by atoms with Gasteiger partial charge in [0.2, 0.25) is 0 Å². The smallest absolute Gasteiger partial charge is 0.192 e. The van der Waals surface area contributed by atoms with Crippen molar-refractivity contribution in [2.45, 2.75) is 94.4 Å². The van der Waals surface area contributed by atoms with Gasteiger partial charge in [0.05, 0.1) is 0 Å². The quantitative estimate of drug-likeness (QED) is 0.234. The van der Waals surface area contributed by atoms with Crippen molar-refractivity contribution in [3.63, 3.8) is 0 Å². The maximum atomic E-state index is 14.0. The lowest BCUT2D eigenvalue weighted by atomic mass is 9.71. The number of carbonyl (C=O) groups is 2. The van der Waals surface area contributed by atoms with E-state index in [1.165, 1.54) is 0 Å². The predicted molar refractivity (Wildman–Crippen MR) is 183 cm³/mol. The first-order valence-corrected chi connectivity index (χ1v) is 15.3. The molecule has 0 N–H and O–H groups in total. The summed E-state index contributed by atoms with van der Waals surface area (Å²) in [5, 5.41) is 0. The van der Waals surface area contributed by atoms with E-state index in [1.807, 2.05) is 140 Å². The van der Waals surface area contributed by atoms with Crippen LogP contribution in [-0.4, -0.2) is 23.9 Å². The number of Topliss-reactive ketones (excluding diaryl/α,β-unsaturated/α-hetero) is 2. The molecule has 0 aromatic carbocycles. The molecule has 2 unspecified atom stereocenters. The zero-order chi connectivity index (χ0) is 33.2. The topological polar surface area (TPSA) is 34.1 Å². The molecule has 2 aliphatic rings. The molecule has 2 aliphatic carbocycles. The minimum atomic E-state index is -1.41. The Bertz CT molecular complexity index is 1350. The molecular weight excluding hydrogens is 550 g/mol. The van der Waals surface area contributed by atoms with E-state index in [2.05, 4.69) is 0 Å². The minimum Gasteiger partial charge on any atom is -0.291 e. The molecule has 236 valence electrons. The molecule has 0 aliphatic heterocycles. The average Bonchev–Trinajstić information content (AvgIpc) is 2.92. The summed E-state index contributed by atoms with van der Waals surface area (Å²) < 4.78 is 28.0. The van der Waals surface area contributed by atoms with Crippen LogP contribution in [0.2, 0.25) is 0 Å². The van der Waals surface area contributed by atoms with Gasteiger partial charge in [-0.05, 0) is 87.5 Å². The van der Waals surface area contributed by atoms with Crippen LogP contribution in [0.25, 0.3) is 0 Å². The molecule has 0 spiro atoms. The summed E-state index contributed by atoms with van der Waals surface area (Å²) in [6.07, 6.45) is 25.6. The number of hydrogen-bond donors (Lipinski definition) is 0. The Morgan fingerprint density at radius 1 is 0.568 bits per heavy atom. The minimum absolute atomic E-state index is 0.217. The summed E-state index contributed by atoms with van der Waals surface area (Å²) in [5.74, 6) is -0.800. The molecule has 2 atom stereocenters. The highest BCUT2D eigenvalue weighted by molar-refractivity contribution is 6.01. The van der Waals surface area contributed by atoms with Gasteiger partial charge in [0.1, 0.15) is 0 Å². The second kappa shape index (κ2) is 15.9. The van der Waals surface area contributed by atoms with Crippen molar-refractivity contribution in [1.82, 2.24) is 0 Å². The van der Waals surface area contributed by atoms with E-state index in [9.17, 15) is 18.4 Å². The Balaban J connectivity index is 1.95. The normalized spacial score (nSPS) is 24.5. The second-order valence-electron chi connectivity index (χ2n) is 13.3. The maximum Gasteiger partial charge on any atom is 0.192 e. The number of ketones is 2. The number of hydrogen-bond acceptors (Lipinski definition) is 2. The molecule has 0 saturated carbocycles. The van der Waals surface area contributed by atoms with Crippen molar-refractivity contribution in [2.24, 2.45) is 10.8 Å². The number of carbonyl (C=O) groups excluding carboxylic acids is 2. The molecule has 0 bridgehead atoms. The Hall–Kier alpha value is -3.66. The van der Waals surface area contributed by atoms with Gasteiger partial charge >= 0.3 is 0 Å². The molecule has 2 nitrogen and oxygen atoms in total. The summed E-state index contributed by atoms with van der Waals surface area (Å²) in [4.78, 5) is 24.2. The summed E-state index contributed by atoms with van der Waals surface area (Å²) in [6, 6.07) is 0. The largest absolute Gasteiger partial charge is 0.291 e. The Kier molecular flexibility index (Phi) is 13.2. The molecule has 0 aromatic rings. The molecule has 44 heavy (non-hydrogen) atoms. The second-order valence-corrected chi connectivity index (χ2v) is 13.3. The van der Waals surface area contributed by atoms with E-state index >= 15 is 0 Å². The van der Waals surface area contributed by atoms with Gasteiger partial charge in [-0.15, -0.1) is 0 Å². The van der Waals surface area contributed by atoms with Crippen LogP contribution in [0.15, 0.2) is 130 Å². The standard InChI is InChI=1S/C40H50F2O2/c1-27(17-13-19-29(3)21-23-33-31(5)37(43)35(41)25-39(33,7)8)15-11-12-16-28(2)18-14-20-30(4)22-24-34-32(6)38(44)36(42)26-40(34,9)10/h11-24,35-36H,25-26H2,1-10H3/b12-11+,17-13+,18-14+,23-21+,24-22+,27-15+,28-16+,29-19+,30-20+. The fourth-order valence-corrected chi connectivity index (χ4v) is 5.52. The first-order valence-electron chi connectivity index (χ1n) is 15.3. The summed E-state index contributed by atoms with van der Waals surface area (Å²) in [7, 11) is 0. The summed E-state index contributed by atoms with van der Waals surface area (Å²) >= 11 is 0. The summed E-state index contributed by atoms with van der Waals surface area (Å²) in [6.45, 7) is 19.4. The van der Waals surface area contributed by atoms with Crippen molar-refractivity contribution < 1.29 is 18.4 Å². The Labute approximate surface area is 264 Å². The molecule has 0 saturated heterocycles. The van der Waals surface area contributed by atoms with Crippen molar-refractivity contribution in [3.05, 3.63) is 130 Å². The summed E-state index contributed by atoms with van der Waals surface area (Å²) in [5.41, 5.74) is 6.37. The number of alkyl halides is 2. The fourth-order valence-electron chi connectivity index (χ4n) is 5.52. The van der Waals surface area contributed by atoms with Gasteiger partial charge in [-0.3, -0.25) is 9.59 Å². The number of rotatable bonds is 10. The zero-order valence-corrected chi connectivity index (χ0v) is 28.2. The third kappa shape index (κ3) is 10.5. The van der Waals surface area contributed by atoms with E-state index in [4.69, 9.17) is 0 Å². The lowest BCUT2D eigenvalue weighted by molar-refractivity contribution is -0.122. The Morgan fingerprint density at radius 3 is 1.20 bits per heavy atom. The third-order valence-corrected chi connectivity index (χ3v) is 8.25. The van der Waals surface area contributed by atoms with Crippen LogP contribution in [0.3, 0.4) is 0 Å². The van der Waals surface area contributed by atoms with Gasteiger partial charge in [0, 0.05) is 0 Å². The number of halogens is 2. The van der Waals surface area contributed by atoms with Crippen molar-refractivity contribution >= 4 is 11.6 Å². The van der Waals surface area contributed by atoms with Crippen LogP contribution in [0.1, 0.15) is 82.1 Å². The van der Waals surface area contributed by atoms with E-state index in [-0.39, 0.29) is 23.7 Å². The monoisotopic (exact) mass is 600 g/mol. The van der Waals surface area contributed by atoms with Crippen LogP contribution in [0, 0.1) is 10.8 Å². The first-order chi connectivity index (χ1) is 20.5. The van der Waals surface area contributed by atoms with E-state index in [0.717, 1.165) is 33.4 Å². The molecule has 4 heteroatoms. The van der Waals surface area contributed by atoms with Crippen molar-refractivity contribution in [3.8, 4) is 0 Å². The van der Waals surface area contributed by atoms with Crippen molar-refractivity contribution in [1.29, 1.82) is 0 Å². The van der Waals surface area contributed by atoms with Gasteiger partial charge < -0.3 is 0 Å². The van der Waals surface area contributed by atoms with Crippen LogP contribution in [0.4, 0.5) is 8.78 Å². The van der Waals surface area contributed by atoms with E-state index in [1.54, 1.807) is 13.8 Å². The van der Waals surface area contributed by atoms with Crippen LogP contribution >= 0.6 is 0 Å². The number of allylic oxidation sites excluding steroid dienone is 22. The van der Waals surface area contributed by atoms with Crippen molar-refractivity contribution in [2.75, 3.05) is 0 Å². The Morgan fingerprint density at radius 2 is 0.864 bits per heavy atom. The zero-order valence-electron chi connectivity index (χ0n) is 28.2. The van der Waals surface area contributed by atoms with Gasteiger partial charge in [-0.2, -0.15) is 0 Å². The first kappa shape index (κ1) is 36.5. The van der Waals surface area contributed by atoms with Crippen LogP contribution in [-0.2, 0) is 9.59 Å².